The highest BCUT2D eigenvalue weighted by Crippen LogP contribution is 2.18. The maximum atomic E-state index is 13.6. The van der Waals surface area contributed by atoms with Gasteiger partial charge in [-0.05, 0) is 36.2 Å². The molecule has 7 heteroatoms. The van der Waals surface area contributed by atoms with Gasteiger partial charge in [-0.2, -0.15) is 0 Å². The zero-order chi connectivity index (χ0) is 15.5. The molecule has 0 atom stereocenters. The van der Waals surface area contributed by atoms with Crippen molar-refractivity contribution in [1.82, 2.24) is 9.71 Å². The molecule has 1 heterocycles. The van der Waals surface area contributed by atoms with E-state index in [-0.39, 0.29) is 23.5 Å². The average molecular weight is 309 g/mol. The summed E-state index contributed by atoms with van der Waals surface area (Å²) >= 11 is 0. The van der Waals surface area contributed by atoms with Crippen molar-refractivity contribution in [2.75, 3.05) is 0 Å². The van der Waals surface area contributed by atoms with Crippen LogP contribution in [0.15, 0.2) is 41.6 Å². The first-order valence-corrected chi connectivity index (χ1v) is 7.80. The Kier molecular flexibility index (Phi) is 4.66. The van der Waals surface area contributed by atoms with Crippen LogP contribution in [-0.2, 0) is 23.1 Å². The minimum Gasteiger partial charge on any atom is -0.326 e. The van der Waals surface area contributed by atoms with E-state index < -0.39 is 15.8 Å². The van der Waals surface area contributed by atoms with Gasteiger partial charge < -0.3 is 5.73 Å². The lowest BCUT2D eigenvalue weighted by atomic mass is 10.2. The molecule has 1 aromatic heterocycles. The Hall–Kier alpha value is -1.83. The lowest BCUT2D eigenvalue weighted by Crippen LogP contribution is -2.25. The second-order valence-electron chi connectivity index (χ2n) is 4.55. The van der Waals surface area contributed by atoms with Crippen LogP contribution in [0.5, 0.6) is 0 Å². The third-order valence-corrected chi connectivity index (χ3v) is 4.64. The summed E-state index contributed by atoms with van der Waals surface area (Å²) in [7, 11) is -3.83. The standard InChI is InChI=1S/C14H16FN3O2S/c1-10-8-17-6-5-11(10)9-18-21(19,20)14-4-2-3-13(15)12(14)7-16/h2-6,8,18H,7,9,16H2,1H3. The molecule has 0 aliphatic carbocycles. The third-order valence-electron chi connectivity index (χ3n) is 3.16. The van der Waals surface area contributed by atoms with Crippen LogP contribution < -0.4 is 10.5 Å². The summed E-state index contributed by atoms with van der Waals surface area (Å²) in [5.74, 6) is -0.625. The van der Waals surface area contributed by atoms with Crippen LogP contribution in [0, 0.1) is 12.7 Å². The van der Waals surface area contributed by atoms with Crippen LogP contribution in [-0.4, -0.2) is 13.4 Å². The number of aryl methyl sites for hydroxylation is 1. The van der Waals surface area contributed by atoms with Gasteiger partial charge in [-0.1, -0.05) is 6.07 Å². The third kappa shape index (κ3) is 3.44. The molecule has 2 rings (SSSR count). The fourth-order valence-corrected chi connectivity index (χ4v) is 3.20. The number of aromatic nitrogens is 1. The van der Waals surface area contributed by atoms with E-state index >= 15 is 0 Å². The van der Waals surface area contributed by atoms with E-state index in [0.717, 1.165) is 11.1 Å². The average Bonchev–Trinajstić information content (AvgIpc) is 2.46. The van der Waals surface area contributed by atoms with E-state index in [4.69, 9.17) is 5.73 Å². The van der Waals surface area contributed by atoms with E-state index in [1.165, 1.54) is 18.2 Å². The molecule has 5 nitrogen and oxygen atoms in total. The Morgan fingerprint density at radius 2 is 2.10 bits per heavy atom. The molecule has 0 aliphatic rings. The van der Waals surface area contributed by atoms with Crippen molar-refractivity contribution in [3.63, 3.8) is 0 Å². The number of halogens is 1. The summed E-state index contributed by atoms with van der Waals surface area (Å²) in [5.41, 5.74) is 7.10. The topological polar surface area (TPSA) is 85.1 Å². The monoisotopic (exact) mass is 309 g/mol. The second kappa shape index (κ2) is 6.30. The maximum Gasteiger partial charge on any atom is 0.241 e. The number of nitrogens with zero attached hydrogens (tertiary/aromatic N) is 1. The first-order chi connectivity index (χ1) is 9.95. The Morgan fingerprint density at radius 3 is 2.76 bits per heavy atom. The fraction of sp³-hybridized carbons (Fsp3) is 0.214. The zero-order valence-corrected chi connectivity index (χ0v) is 12.3. The van der Waals surface area contributed by atoms with Crippen LogP contribution in [0.2, 0.25) is 0 Å². The second-order valence-corrected chi connectivity index (χ2v) is 6.28. The predicted octanol–water partition coefficient (Wildman–Crippen LogP) is 1.47. The van der Waals surface area contributed by atoms with Gasteiger partial charge in [0.2, 0.25) is 10.0 Å². The Bertz CT molecular complexity index is 748. The van der Waals surface area contributed by atoms with Gasteiger partial charge in [-0.15, -0.1) is 0 Å². The summed E-state index contributed by atoms with van der Waals surface area (Å²) < 4.78 is 40.7. The molecule has 112 valence electrons. The van der Waals surface area contributed by atoms with Gasteiger partial charge in [0.1, 0.15) is 5.82 Å². The van der Waals surface area contributed by atoms with Crippen molar-refractivity contribution in [1.29, 1.82) is 0 Å². The number of hydrogen-bond acceptors (Lipinski definition) is 4. The van der Waals surface area contributed by atoms with E-state index in [1.807, 2.05) is 6.92 Å². The molecule has 0 spiro atoms. The lowest BCUT2D eigenvalue weighted by Gasteiger charge is -2.12. The Labute approximate surface area is 123 Å². The molecule has 0 unspecified atom stereocenters. The normalized spacial score (nSPS) is 11.6. The molecular weight excluding hydrogens is 293 g/mol. The summed E-state index contributed by atoms with van der Waals surface area (Å²) in [6.07, 6.45) is 3.24. The molecule has 0 saturated carbocycles. The number of pyridine rings is 1. The molecule has 0 radical (unpaired) electrons. The smallest absolute Gasteiger partial charge is 0.241 e. The molecule has 0 fully saturated rings. The highest BCUT2D eigenvalue weighted by molar-refractivity contribution is 7.89. The summed E-state index contributed by atoms with van der Waals surface area (Å²) in [6, 6.07) is 5.61. The molecule has 21 heavy (non-hydrogen) atoms. The molecule has 0 bridgehead atoms. The van der Waals surface area contributed by atoms with Crippen LogP contribution in [0.3, 0.4) is 0 Å². The first-order valence-electron chi connectivity index (χ1n) is 6.32. The van der Waals surface area contributed by atoms with E-state index in [1.54, 1.807) is 18.5 Å². The molecule has 1 aromatic carbocycles. The molecule has 0 amide bonds. The molecule has 0 saturated heterocycles. The zero-order valence-electron chi connectivity index (χ0n) is 11.5. The van der Waals surface area contributed by atoms with Gasteiger partial charge in [-0.3, -0.25) is 4.98 Å². The number of nitrogens with one attached hydrogen (secondary N) is 1. The molecular formula is C14H16FN3O2S. The summed E-state index contributed by atoms with van der Waals surface area (Å²) in [5, 5.41) is 0. The van der Waals surface area contributed by atoms with Gasteiger partial charge in [0, 0.05) is 31.0 Å². The number of rotatable bonds is 5. The molecule has 2 aromatic rings. The number of nitrogens with two attached hydrogens (primary N) is 1. The van der Waals surface area contributed by atoms with Crippen molar-refractivity contribution in [3.05, 3.63) is 59.2 Å². The van der Waals surface area contributed by atoms with Crippen LogP contribution in [0.25, 0.3) is 0 Å². The number of sulfonamides is 1. The van der Waals surface area contributed by atoms with Gasteiger partial charge >= 0.3 is 0 Å². The number of benzene rings is 1. The molecule has 3 N–H and O–H groups in total. The summed E-state index contributed by atoms with van der Waals surface area (Å²) in [6.45, 7) is 1.76. The highest BCUT2D eigenvalue weighted by atomic mass is 32.2. The van der Waals surface area contributed by atoms with Gasteiger partial charge in [-0.25, -0.2) is 17.5 Å². The van der Waals surface area contributed by atoms with E-state index in [0.29, 0.717) is 0 Å². The van der Waals surface area contributed by atoms with Crippen molar-refractivity contribution in [3.8, 4) is 0 Å². The van der Waals surface area contributed by atoms with Crippen molar-refractivity contribution < 1.29 is 12.8 Å². The highest BCUT2D eigenvalue weighted by Gasteiger charge is 2.20. The minimum atomic E-state index is -3.83. The minimum absolute atomic E-state index is 0.0172. The van der Waals surface area contributed by atoms with Gasteiger partial charge in [0.05, 0.1) is 4.90 Å². The predicted molar refractivity (Wildman–Crippen MR) is 77.3 cm³/mol. The van der Waals surface area contributed by atoms with E-state index in [2.05, 4.69) is 9.71 Å². The van der Waals surface area contributed by atoms with Gasteiger partial charge in [0.15, 0.2) is 0 Å². The largest absolute Gasteiger partial charge is 0.326 e. The maximum absolute atomic E-state index is 13.6. The van der Waals surface area contributed by atoms with Crippen LogP contribution >= 0.6 is 0 Å². The van der Waals surface area contributed by atoms with Crippen LogP contribution in [0.4, 0.5) is 4.39 Å². The van der Waals surface area contributed by atoms with Crippen molar-refractivity contribution >= 4 is 10.0 Å². The van der Waals surface area contributed by atoms with Gasteiger partial charge in [0.25, 0.3) is 0 Å². The fourth-order valence-electron chi connectivity index (χ4n) is 1.94. The molecule has 0 aliphatic heterocycles. The summed E-state index contributed by atoms with van der Waals surface area (Å²) in [4.78, 5) is 3.82. The Morgan fingerprint density at radius 1 is 1.33 bits per heavy atom. The van der Waals surface area contributed by atoms with E-state index in [9.17, 15) is 12.8 Å². The van der Waals surface area contributed by atoms with Crippen molar-refractivity contribution in [2.24, 2.45) is 5.73 Å². The quantitative estimate of drug-likeness (QED) is 0.876. The SMILES string of the molecule is Cc1cnccc1CNS(=O)(=O)c1cccc(F)c1CN. The van der Waals surface area contributed by atoms with Crippen molar-refractivity contribution in [2.45, 2.75) is 24.9 Å². The van der Waals surface area contributed by atoms with Crippen LogP contribution in [0.1, 0.15) is 16.7 Å². The Balaban J connectivity index is 2.28. The number of hydrogen-bond donors (Lipinski definition) is 2. The first kappa shape index (κ1) is 15.6. The lowest BCUT2D eigenvalue weighted by molar-refractivity contribution is 0.571.